The van der Waals surface area contributed by atoms with E-state index in [2.05, 4.69) is 21.2 Å². The quantitative estimate of drug-likeness (QED) is 0.867. The normalized spacial score (nSPS) is 12.2. The van der Waals surface area contributed by atoms with Gasteiger partial charge in [0.15, 0.2) is 0 Å². The van der Waals surface area contributed by atoms with Crippen LogP contribution in [-0.4, -0.2) is 11.9 Å². The molecular formula is C15H16BrFN2O2. The molecule has 112 valence electrons. The minimum absolute atomic E-state index is 0.0916. The van der Waals surface area contributed by atoms with Gasteiger partial charge in [-0.25, -0.2) is 4.39 Å². The van der Waals surface area contributed by atoms with Gasteiger partial charge in [-0.05, 0) is 53.0 Å². The molecule has 21 heavy (non-hydrogen) atoms. The maximum absolute atomic E-state index is 13.2. The Labute approximate surface area is 130 Å². The van der Waals surface area contributed by atoms with Crippen molar-refractivity contribution in [3.63, 3.8) is 0 Å². The fraction of sp³-hybridized carbons (Fsp3) is 0.267. The van der Waals surface area contributed by atoms with Crippen molar-refractivity contribution >= 4 is 21.8 Å². The maximum Gasteiger partial charge on any atom is 0.254 e. The van der Waals surface area contributed by atoms with Crippen molar-refractivity contribution in [3.05, 3.63) is 57.7 Å². The Balaban J connectivity index is 1.95. The molecule has 3 N–H and O–H groups in total. The Morgan fingerprint density at radius 2 is 2.24 bits per heavy atom. The Bertz CT molecular complexity index is 642. The fourth-order valence-corrected chi connectivity index (χ4v) is 2.41. The van der Waals surface area contributed by atoms with Crippen LogP contribution in [0.2, 0.25) is 0 Å². The Morgan fingerprint density at radius 3 is 2.86 bits per heavy atom. The van der Waals surface area contributed by atoms with Gasteiger partial charge in [-0.2, -0.15) is 0 Å². The van der Waals surface area contributed by atoms with Gasteiger partial charge < -0.3 is 15.5 Å². The van der Waals surface area contributed by atoms with Gasteiger partial charge in [0.1, 0.15) is 17.8 Å². The molecule has 1 aromatic carbocycles. The van der Waals surface area contributed by atoms with E-state index in [-0.39, 0.29) is 24.3 Å². The van der Waals surface area contributed by atoms with Crippen LogP contribution in [0.3, 0.4) is 0 Å². The maximum atomic E-state index is 13.2. The lowest BCUT2D eigenvalue weighted by Crippen LogP contribution is -2.33. The standard InChI is InChI=1S/C15H16BrFN2O2/c1-9(4-10-2-3-14(17)13(16)5-10)19-15(20)11-6-12(7-18)21-8-11/h2-3,5-6,8-9H,4,7,18H2,1H3,(H,19,20). The molecule has 1 heterocycles. The van der Waals surface area contributed by atoms with Crippen LogP contribution < -0.4 is 11.1 Å². The predicted octanol–water partition coefficient (Wildman–Crippen LogP) is 3.00. The highest BCUT2D eigenvalue weighted by Gasteiger charge is 2.13. The van der Waals surface area contributed by atoms with Crippen LogP contribution in [0.15, 0.2) is 39.4 Å². The van der Waals surface area contributed by atoms with Crippen molar-refractivity contribution in [1.82, 2.24) is 5.32 Å². The van der Waals surface area contributed by atoms with Gasteiger partial charge in [0.25, 0.3) is 5.91 Å². The summed E-state index contributed by atoms with van der Waals surface area (Å²) in [6.07, 6.45) is 1.99. The summed E-state index contributed by atoms with van der Waals surface area (Å²) in [6.45, 7) is 2.14. The average Bonchev–Trinajstić information content (AvgIpc) is 2.92. The number of hydrogen-bond donors (Lipinski definition) is 2. The smallest absolute Gasteiger partial charge is 0.254 e. The van der Waals surface area contributed by atoms with Gasteiger partial charge in [-0.1, -0.05) is 6.07 Å². The van der Waals surface area contributed by atoms with E-state index < -0.39 is 0 Å². The molecule has 0 aliphatic heterocycles. The number of rotatable bonds is 5. The van der Waals surface area contributed by atoms with Crippen molar-refractivity contribution in [2.75, 3.05) is 0 Å². The third-order valence-corrected chi connectivity index (χ3v) is 3.63. The van der Waals surface area contributed by atoms with Crippen LogP contribution in [0.4, 0.5) is 4.39 Å². The zero-order chi connectivity index (χ0) is 15.4. The van der Waals surface area contributed by atoms with Crippen molar-refractivity contribution in [2.45, 2.75) is 25.9 Å². The molecular weight excluding hydrogens is 339 g/mol. The molecule has 0 saturated heterocycles. The minimum Gasteiger partial charge on any atom is -0.467 e. The van der Waals surface area contributed by atoms with Crippen molar-refractivity contribution < 1.29 is 13.6 Å². The topological polar surface area (TPSA) is 68.3 Å². The van der Waals surface area contributed by atoms with E-state index in [0.717, 1.165) is 5.56 Å². The van der Waals surface area contributed by atoms with Gasteiger partial charge in [-0.15, -0.1) is 0 Å². The number of hydrogen-bond acceptors (Lipinski definition) is 3. The van der Waals surface area contributed by atoms with Crippen molar-refractivity contribution in [2.24, 2.45) is 5.73 Å². The lowest BCUT2D eigenvalue weighted by Gasteiger charge is -2.13. The van der Waals surface area contributed by atoms with Gasteiger partial charge in [0.05, 0.1) is 16.6 Å². The molecule has 1 aromatic heterocycles. The summed E-state index contributed by atoms with van der Waals surface area (Å²) in [7, 11) is 0. The van der Waals surface area contributed by atoms with E-state index in [0.29, 0.717) is 22.2 Å². The van der Waals surface area contributed by atoms with Gasteiger partial charge >= 0.3 is 0 Å². The van der Waals surface area contributed by atoms with Crippen LogP contribution >= 0.6 is 15.9 Å². The molecule has 1 unspecified atom stereocenters. The van der Waals surface area contributed by atoms with Crippen molar-refractivity contribution in [1.29, 1.82) is 0 Å². The Morgan fingerprint density at radius 1 is 1.48 bits per heavy atom. The fourth-order valence-electron chi connectivity index (χ4n) is 1.99. The monoisotopic (exact) mass is 354 g/mol. The highest BCUT2D eigenvalue weighted by molar-refractivity contribution is 9.10. The SMILES string of the molecule is CC(Cc1ccc(F)c(Br)c1)NC(=O)c1coc(CN)c1. The molecule has 0 spiro atoms. The molecule has 4 nitrogen and oxygen atoms in total. The zero-order valence-electron chi connectivity index (χ0n) is 11.5. The first-order valence-corrected chi connectivity index (χ1v) is 7.31. The molecule has 0 saturated carbocycles. The van der Waals surface area contributed by atoms with E-state index >= 15 is 0 Å². The molecule has 0 aliphatic carbocycles. The van der Waals surface area contributed by atoms with Gasteiger partial charge in [0.2, 0.25) is 0 Å². The number of amides is 1. The lowest BCUT2D eigenvalue weighted by atomic mass is 10.1. The molecule has 0 bridgehead atoms. The summed E-state index contributed by atoms with van der Waals surface area (Å²) in [5.74, 6) is 0.0468. The number of carbonyl (C=O) groups is 1. The van der Waals surface area contributed by atoms with E-state index in [1.807, 2.05) is 6.92 Å². The predicted molar refractivity (Wildman–Crippen MR) is 81.3 cm³/mol. The van der Waals surface area contributed by atoms with Crippen molar-refractivity contribution in [3.8, 4) is 0 Å². The lowest BCUT2D eigenvalue weighted by molar-refractivity contribution is 0.0939. The first-order chi connectivity index (χ1) is 9.99. The van der Waals surface area contributed by atoms with E-state index in [1.165, 1.54) is 12.3 Å². The Hall–Kier alpha value is -1.66. The number of furan rings is 1. The molecule has 2 rings (SSSR count). The van der Waals surface area contributed by atoms with Gasteiger partial charge in [-0.3, -0.25) is 4.79 Å². The second-order valence-electron chi connectivity index (χ2n) is 4.83. The number of halogens is 2. The largest absolute Gasteiger partial charge is 0.467 e. The summed E-state index contributed by atoms with van der Waals surface area (Å²) in [4.78, 5) is 12.0. The molecule has 0 radical (unpaired) electrons. The van der Waals surface area contributed by atoms with Crippen LogP contribution in [0.1, 0.15) is 28.6 Å². The highest BCUT2D eigenvalue weighted by atomic mass is 79.9. The minimum atomic E-state index is -0.303. The number of nitrogens with two attached hydrogens (primary N) is 1. The number of carbonyl (C=O) groups excluding carboxylic acids is 1. The number of benzene rings is 1. The van der Waals surface area contributed by atoms with E-state index in [9.17, 15) is 9.18 Å². The first kappa shape index (κ1) is 15.7. The molecule has 6 heteroatoms. The summed E-state index contributed by atoms with van der Waals surface area (Å²) in [5.41, 5.74) is 6.82. The van der Waals surface area contributed by atoms with Crippen LogP contribution in [0, 0.1) is 5.82 Å². The molecule has 2 aromatic rings. The molecule has 1 amide bonds. The first-order valence-electron chi connectivity index (χ1n) is 6.52. The highest BCUT2D eigenvalue weighted by Crippen LogP contribution is 2.18. The Kier molecular flexibility index (Phi) is 5.14. The summed E-state index contributed by atoms with van der Waals surface area (Å²) in [6, 6.07) is 6.34. The summed E-state index contributed by atoms with van der Waals surface area (Å²) in [5, 5.41) is 2.87. The average molecular weight is 355 g/mol. The van der Waals surface area contributed by atoms with Crippen LogP contribution in [0.5, 0.6) is 0 Å². The second-order valence-corrected chi connectivity index (χ2v) is 5.69. The molecule has 0 aliphatic rings. The molecule has 0 fully saturated rings. The van der Waals surface area contributed by atoms with Crippen LogP contribution in [-0.2, 0) is 13.0 Å². The summed E-state index contributed by atoms with van der Waals surface area (Å²) >= 11 is 3.15. The number of nitrogens with one attached hydrogen (secondary N) is 1. The van der Waals surface area contributed by atoms with E-state index in [4.69, 9.17) is 10.2 Å². The zero-order valence-corrected chi connectivity index (χ0v) is 13.1. The van der Waals surface area contributed by atoms with Gasteiger partial charge in [0, 0.05) is 6.04 Å². The second kappa shape index (κ2) is 6.87. The van der Waals surface area contributed by atoms with E-state index in [1.54, 1.807) is 18.2 Å². The third-order valence-electron chi connectivity index (χ3n) is 3.02. The third kappa shape index (κ3) is 4.15. The van der Waals surface area contributed by atoms with Crippen LogP contribution in [0.25, 0.3) is 0 Å². The summed E-state index contributed by atoms with van der Waals surface area (Å²) < 4.78 is 18.7. The molecule has 1 atom stereocenters.